The first-order chi connectivity index (χ1) is 5.74. The fraction of sp³-hybridized carbons (Fsp3) is 0.300. The van der Waals surface area contributed by atoms with Crippen LogP contribution in [0.15, 0.2) is 24.3 Å². The van der Waals surface area contributed by atoms with Gasteiger partial charge in [-0.05, 0) is 12.0 Å². The number of carbonyl (C=O) groups is 1. The van der Waals surface area contributed by atoms with E-state index in [-0.39, 0.29) is 0 Å². The topological polar surface area (TPSA) is 17.1 Å². The number of benzene rings is 1. The molecule has 0 bridgehead atoms. The van der Waals surface area contributed by atoms with Crippen molar-refractivity contribution in [2.45, 2.75) is 18.2 Å². The Morgan fingerprint density at radius 1 is 1.50 bits per heavy atom. The molecule has 0 aliphatic heterocycles. The van der Waals surface area contributed by atoms with Crippen LogP contribution in [0.1, 0.15) is 22.8 Å². The maximum Gasteiger partial charge on any atom is 0.150 e. The van der Waals surface area contributed by atoms with Crippen LogP contribution in [0.25, 0.3) is 0 Å². The smallest absolute Gasteiger partial charge is 0.150 e. The lowest BCUT2D eigenvalue weighted by Gasteiger charge is -2.05. The van der Waals surface area contributed by atoms with Crippen LogP contribution in [0.5, 0.6) is 0 Å². The third kappa shape index (κ3) is 2.45. The summed E-state index contributed by atoms with van der Waals surface area (Å²) in [7, 11) is 0. The van der Waals surface area contributed by atoms with Gasteiger partial charge in [-0.3, -0.25) is 4.79 Å². The lowest BCUT2D eigenvalue weighted by molar-refractivity contribution is 0.112. The highest BCUT2D eigenvalue weighted by Crippen LogP contribution is 2.12. The summed E-state index contributed by atoms with van der Waals surface area (Å²) < 4.78 is 0. The van der Waals surface area contributed by atoms with Crippen LogP contribution >= 0.6 is 15.9 Å². The van der Waals surface area contributed by atoms with Gasteiger partial charge in [-0.2, -0.15) is 0 Å². The number of rotatable bonds is 3. The molecule has 2 heteroatoms. The predicted molar refractivity (Wildman–Crippen MR) is 53.9 cm³/mol. The molecule has 1 nitrogen and oxygen atoms in total. The van der Waals surface area contributed by atoms with Crippen molar-refractivity contribution in [3.8, 4) is 0 Å². The van der Waals surface area contributed by atoms with Gasteiger partial charge in [-0.1, -0.05) is 47.1 Å². The van der Waals surface area contributed by atoms with Crippen molar-refractivity contribution in [2.24, 2.45) is 0 Å². The van der Waals surface area contributed by atoms with Crippen molar-refractivity contribution in [1.82, 2.24) is 0 Å². The highest BCUT2D eigenvalue weighted by Gasteiger charge is 2.02. The average molecular weight is 227 g/mol. The Bertz CT molecular complexity index is 268. The summed E-state index contributed by atoms with van der Waals surface area (Å²) in [6.07, 6.45) is 1.81. The van der Waals surface area contributed by atoms with E-state index < -0.39 is 0 Å². The molecule has 12 heavy (non-hydrogen) atoms. The van der Waals surface area contributed by atoms with Gasteiger partial charge in [-0.15, -0.1) is 0 Å². The summed E-state index contributed by atoms with van der Waals surface area (Å²) in [4.78, 5) is 11.0. The Kier molecular flexibility index (Phi) is 3.48. The van der Waals surface area contributed by atoms with E-state index in [4.69, 9.17) is 0 Å². The van der Waals surface area contributed by atoms with E-state index in [2.05, 4.69) is 22.9 Å². The molecule has 64 valence electrons. The van der Waals surface area contributed by atoms with Crippen molar-refractivity contribution >= 4 is 22.2 Å². The van der Waals surface area contributed by atoms with Crippen molar-refractivity contribution < 1.29 is 4.79 Å². The number of hydrogen-bond donors (Lipinski definition) is 0. The lowest BCUT2D eigenvalue weighted by atomic mass is 10.0. The maximum atomic E-state index is 10.6. The molecular weight excluding hydrogens is 216 g/mol. The minimum atomic E-state index is 0.415. The zero-order valence-corrected chi connectivity index (χ0v) is 8.54. The van der Waals surface area contributed by atoms with E-state index in [1.807, 2.05) is 24.3 Å². The van der Waals surface area contributed by atoms with Crippen molar-refractivity contribution in [3.63, 3.8) is 0 Å². The SMILES string of the molecule is CC(Br)Cc1ccccc1C=O. The van der Waals surface area contributed by atoms with Gasteiger partial charge in [0, 0.05) is 10.4 Å². The quantitative estimate of drug-likeness (QED) is 0.573. The molecule has 0 heterocycles. The minimum Gasteiger partial charge on any atom is -0.298 e. The van der Waals surface area contributed by atoms with Gasteiger partial charge in [0.25, 0.3) is 0 Å². The molecule has 0 radical (unpaired) electrons. The largest absolute Gasteiger partial charge is 0.298 e. The number of aldehydes is 1. The van der Waals surface area contributed by atoms with E-state index >= 15 is 0 Å². The fourth-order valence-corrected chi connectivity index (χ4v) is 1.49. The molecule has 1 rings (SSSR count). The molecule has 1 atom stereocenters. The monoisotopic (exact) mass is 226 g/mol. The summed E-state index contributed by atoms with van der Waals surface area (Å²) in [6.45, 7) is 2.07. The van der Waals surface area contributed by atoms with Crippen molar-refractivity contribution in [2.75, 3.05) is 0 Å². The van der Waals surface area contributed by atoms with Crippen molar-refractivity contribution in [3.05, 3.63) is 35.4 Å². The number of halogens is 1. The molecular formula is C10H11BrO. The Balaban J connectivity index is 2.89. The molecule has 1 aromatic rings. The zero-order chi connectivity index (χ0) is 8.97. The first-order valence-electron chi connectivity index (χ1n) is 3.91. The molecule has 1 aromatic carbocycles. The van der Waals surface area contributed by atoms with E-state index in [1.54, 1.807) is 0 Å². The summed E-state index contributed by atoms with van der Waals surface area (Å²) in [5.74, 6) is 0. The molecule has 0 aliphatic carbocycles. The molecule has 0 saturated heterocycles. The average Bonchev–Trinajstić information content (AvgIpc) is 2.04. The second-order valence-electron chi connectivity index (χ2n) is 2.80. The molecule has 0 amide bonds. The Morgan fingerprint density at radius 2 is 2.17 bits per heavy atom. The Labute approximate surface area is 80.9 Å². The minimum absolute atomic E-state index is 0.415. The number of carbonyl (C=O) groups excluding carboxylic acids is 1. The zero-order valence-electron chi connectivity index (χ0n) is 6.96. The van der Waals surface area contributed by atoms with E-state index in [1.165, 1.54) is 0 Å². The highest BCUT2D eigenvalue weighted by molar-refractivity contribution is 9.09. The fourth-order valence-electron chi connectivity index (χ4n) is 1.14. The maximum absolute atomic E-state index is 10.6. The standard InChI is InChI=1S/C10H11BrO/c1-8(11)6-9-4-2-3-5-10(9)7-12/h2-5,7-8H,6H2,1H3. The second kappa shape index (κ2) is 4.41. The summed E-state index contributed by atoms with van der Waals surface area (Å²) in [6, 6.07) is 7.67. The lowest BCUT2D eigenvalue weighted by Crippen LogP contribution is -1.99. The number of hydrogen-bond acceptors (Lipinski definition) is 1. The van der Waals surface area contributed by atoms with Gasteiger partial charge in [-0.25, -0.2) is 0 Å². The van der Waals surface area contributed by atoms with E-state index in [0.29, 0.717) is 4.83 Å². The normalized spacial score (nSPS) is 12.5. The Hall–Kier alpha value is -0.630. The third-order valence-corrected chi connectivity index (χ3v) is 2.01. The van der Waals surface area contributed by atoms with Gasteiger partial charge in [0.15, 0.2) is 0 Å². The van der Waals surface area contributed by atoms with Gasteiger partial charge < -0.3 is 0 Å². The third-order valence-electron chi connectivity index (χ3n) is 1.68. The van der Waals surface area contributed by atoms with Crippen LogP contribution in [0.3, 0.4) is 0 Å². The van der Waals surface area contributed by atoms with Gasteiger partial charge >= 0.3 is 0 Å². The molecule has 0 aliphatic rings. The van der Waals surface area contributed by atoms with Gasteiger partial charge in [0.1, 0.15) is 6.29 Å². The second-order valence-corrected chi connectivity index (χ2v) is 4.36. The molecule has 0 N–H and O–H groups in total. The summed E-state index contributed by atoms with van der Waals surface area (Å²) in [5.41, 5.74) is 1.90. The van der Waals surface area contributed by atoms with E-state index in [0.717, 1.165) is 23.8 Å². The summed E-state index contributed by atoms with van der Waals surface area (Å²) >= 11 is 3.46. The highest BCUT2D eigenvalue weighted by atomic mass is 79.9. The Morgan fingerprint density at radius 3 is 2.75 bits per heavy atom. The van der Waals surface area contributed by atoms with Crippen LogP contribution < -0.4 is 0 Å². The van der Waals surface area contributed by atoms with Crippen LogP contribution in [0.2, 0.25) is 0 Å². The first kappa shape index (κ1) is 9.46. The van der Waals surface area contributed by atoms with Gasteiger partial charge in [0.05, 0.1) is 0 Å². The predicted octanol–water partition coefficient (Wildman–Crippen LogP) is 2.83. The molecule has 1 unspecified atom stereocenters. The van der Waals surface area contributed by atoms with Gasteiger partial charge in [0.2, 0.25) is 0 Å². The molecule has 0 spiro atoms. The van der Waals surface area contributed by atoms with Crippen molar-refractivity contribution in [1.29, 1.82) is 0 Å². The molecule has 0 aromatic heterocycles. The van der Waals surface area contributed by atoms with Crippen LogP contribution in [0.4, 0.5) is 0 Å². The number of alkyl halides is 1. The van der Waals surface area contributed by atoms with E-state index in [9.17, 15) is 4.79 Å². The molecule has 0 fully saturated rings. The van der Waals surface area contributed by atoms with Crippen LogP contribution in [-0.2, 0) is 6.42 Å². The first-order valence-corrected chi connectivity index (χ1v) is 4.82. The van der Waals surface area contributed by atoms with Crippen LogP contribution in [-0.4, -0.2) is 11.1 Å². The molecule has 0 saturated carbocycles. The van der Waals surface area contributed by atoms with Crippen LogP contribution in [0, 0.1) is 0 Å². The summed E-state index contributed by atoms with van der Waals surface area (Å²) in [5, 5.41) is 0.